The van der Waals surface area contributed by atoms with Crippen molar-refractivity contribution >= 4 is 20.1 Å². The van der Waals surface area contributed by atoms with E-state index in [1.807, 2.05) is 0 Å². The maximum Gasteiger partial charge on any atom is 0.305 e. The van der Waals surface area contributed by atoms with Gasteiger partial charge in [-0.15, -0.1) is 0 Å². The van der Waals surface area contributed by atoms with Gasteiger partial charge in [0.15, 0.2) is 8.32 Å². The molecule has 3 atom stereocenters. The molecule has 2 saturated carbocycles. The van der Waals surface area contributed by atoms with E-state index in [0.29, 0.717) is 24.5 Å². The van der Waals surface area contributed by atoms with Crippen LogP contribution in [0.5, 0.6) is 0 Å². The molecule has 0 heterocycles. The minimum Gasteiger partial charge on any atom is -0.469 e. The molecule has 2 aliphatic carbocycles. The van der Waals surface area contributed by atoms with Crippen molar-refractivity contribution in [2.45, 2.75) is 122 Å². The Morgan fingerprint density at radius 2 is 1.73 bits per heavy atom. The van der Waals surface area contributed by atoms with Crippen LogP contribution in [-0.4, -0.2) is 27.2 Å². The van der Waals surface area contributed by atoms with Crippen molar-refractivity contribution in [3.63, 3.8) is 0 Å². The number of allylic oxidation sites excluding steroid dienone is 2. The third-order valence-corrected chi connectivity index (χ3v) is 13.6. The number of hydrogen-bond donors (Lipinski definition) is 0. The van der Waals surface area contributed by atoms with E-state index >= 15 is 0 Å². The van der Waals surface area contributed by atoms with Crippen LogP contribution in [0.2, 0.25) is 18.1 Å². The molecule has 37 heavy (non-hydrogen) atoms. The smallest absolute Gasteiger partial charge is 0.305 e. The van der Waals surface area contributed by atoms with Gasteiger partial charge in [0.1, 0.15) is 5.78 Å². The van der Waals surface area contributed by atoms with Crippen LogP contribution >= 0.6 is 0 Å². The monoisotopic (exact) mass is 526 g/mol. The second kappa shape index (κ2) is 13.4. The van der Waals surface area contributed by atoms with Crippen molar-refractivity contribution in [3.05, 3.63) is 47.5 Å². The van der Waals surface area contributed by atoms with Crippen LogP contribution in [0.3, 0.4) is 0 Å². The first-order valence-corrected chi connectivity index (χ1v) is 17.5. The summed E-state index contributed by atoms with van der Waals surface area (Å²) in [5, 5.41) is 0.185. The van der Waals surface area contributed by atoms with Gasteiger partial charge in [-0.3, -0.25) is 9.59 Å². The van der Waals surface area contributed by atoms with Crippen molar-refractivity contribution in [2.75, 3.05) is 7.11 Å². The first-order valence-electron chi connectivity index (χ1n) is 14.6. The van der Waals surface area contributed by atoms with Crippen molar-refractivity contribution in [2.24, 2.45) is 11.8 Å². The van der Waals surface area contributed by atoms with Gasteiger partial charge >= 0.3 is 5.97 Å². The number of rotatable bonds is 11. The maximum absolute atomic E-state index is 12.7. The predicted molar refractivity (Wildman–Crippen MR) is 154 cm³/mol. The molecule has 206 valence electrons. The average molecular weight is 527 g/mol. The Labute approximate surface area is 226 Å². The number of ether oxygens (including phenoxy) is 1. The molecule has 3 rings (SSSR count). The molecule has 1 aromatic carbocycles. The molecule has 2 unspecified atom stereocenters. The van der Waals surface area contributed by atoms with Gasteiger partial charge in [-0.2, -0.15) is 0 Å². The molecular formula is C32H50O4Si. The van der Waals surface area contributed by atoms with Gasteiger partial charge in [0.25, 0.3) is 0 Å². The summed E-state index contributed by atoms with van der Waals surface area (Å²) in [5.74, 6) is 1.16. The molecule has 0 amide bonds. The molecule has 4 nitrogen and oxygen atoms in total. The number of carbonyl (C=O) groups is 2. The van der Waals surface area contributed by atoms with Crippen LogP contribution in [0.15, 0.2) is 36.4 Å². The lowest BCUT2D eigenvalue weighted by Crippen LogP contribution is -2.43. The van der Waals surface area contributed by atoms with Crippen LogP contribution in [-0.2, 0) is 18.8 Å². The Kier molecular flexibility index (Phi) is 10.8. The largest absolute Gasteiger partial charge is 0.469 e. The minimum absolute atomic E-state index is 0.0559. The summed E-state index contributed by atoms with van der Waals surface area (Å²) in [4.78, 5) is 24.0. The van der Waals surface area contributed by atoms with Gasteiger partial charge in [0.2, 0.25) is 0 Å². The molecule has 0 radical (unpaired) electrons. The molecule has 0 bridgehead atoms. The van der Waals surface area contributed by atoms with Gasteiger partial charge in [-0.05, 0) is 79.6 Å². The lowest BCUT2D eigenvalue weighted by molar-refractivity contribution is -0.140. The van der Waals surface area contributed by atoms with Crippen LogP contribution in [0, 0.1) is 11.8 Å². The zero-order chi connectivity index (χ0) is 27.1. The average Bonchev–Trinajstić information content (AvgIpc) is 3.24. The molecule has 5 heteroatoms. The molecule has 0 aromatic heterocycles. The summed E-state index contributed by atoms with van der Waals surface area (Å²) < 4.78 is 11.8. The Bertz CT molecular complexity index is 906. The number of methoxy groups -OCH3 is 1. The highest BCUT2D eigenvalue weighted by Crippen LogP contribution is 2.45. The number of benzene rings is 1. The second-order valence-corrected chi connectivity index (χ2v) is 17.5. The van der Waals surface area contributed by atoms with Crippen LogP contribution in [0.25, 0.3) is 0 Å². The lowest BCUT2D eigenvalue weighted by atomic mass is 9.81. The van der Waals surface area contributed by atoms with E-state index in [1.165, 1.54) is 50.3 Å². The Morgan fingerprint density at radius 3 is 2.35 bits per heavy atom. The fourth-order valence-corrected chi connectivity index (χ4v) is 7.05. The fraction of sp³-hybridized carbons (Fsp3) is 0.688. The Morgan fingerprint density at radius 1 is 1.05 bits per heavy atom. The quantitative estimate of drug-likeness (QED) is 0.125. The zero-order valence-electron chi connectivity index (χ0n) is 24.2. The van der Waals surface area contributed by atoms with Crippen LogP contribution < -0.4 is 0 Å². The lowest BCUT2D eigenvalue weighted by Gasteiger charge is -2.42. The highest BCUT2D eigenvalue weighted by atomic mass is 28.4. The number of ketones is 1. The van der Waals surface area contributed by atoms with Gasteiger partial charge in [0, 0.05) is 18.8 Å². The van der Waals surface area contributed by atoms with Crippen molar-refractivity contribution < 1.29 is 18.8 Å². The van der Waals surface area contributed by atoms with Gasteiger partial charge in [0.05, 0.1) is 13.2 Å². The number of Topliss-reactive ketones (excluding diaryl/α,β-unsaturated/α-hetero) is 1. The highest BCUT2D eigenvalue weighted by Gasteiger charge is 2.41. The highest BCUT2D eigenvalue weighted by molar-refractivity contribution is 6.74. The second-order valence-electron chi connectivity index (χ2n) is 12.8. The topological polar surface area (TPSA) is 52.6 Å². The maximum atomic E-state index is 12.7. The summed E-state index contributed by atoms with van der Waals surface area (Å²) in [6.45, 7) is 11.7. The summed E-state index contributed by atoms with van der Waals surface area (Å²) in [6.07, 6.45) is 15.4. The molecule has 0 N–H and O–H groups in total. The van der Waals surface area contributed by atoms with Crippen molar-refractivity contribution in [1.82, 2.24) is 0 Å². The van der Waals surface area contributed by atoms with E-state index < -0.39 is 8.32 Å². The number of hydrogen-bond acceptors (Lipinski definition) is 4. The third kappa shape index (κ3) is 8.13. The number of carbonyl (C=O) groups excluding carboxylic acids is 2. The Hall–Kier alpha value is -1.72. The zero-order valence-corrected chi connectivity index (χ0v) is 25.2. The Balaban J connectivity index is 1.70. The summed E-state index contributed by atoms with van der Waals surface area (Å²) in [5.41, 5.74) is 2.60. The number of unbranched alkanes of at least 4 members (excludes halogenated alkanes) is 1. The van der Waals surface area contributed by atoms with Crippen molar-refractivity contribution in [1.29, 1.82) is 0 Å². The van der Waals surface area contributed by atoms with E-state index in [4.69, 9.17) is 9.16 Å². The molecule has 1 aromatic rings. The van der Waals surface area contributed by atoms with E-state index in [2.05, 4.69) is 70.3 Å². The minimum atomic E-state index is -1.91. The molecule has 0 saturated heterocycles. The van der Waals surface area contributed by atoms with E-state index in [1.54, 1.807) is 0 Å². The van der Waals surface area contributed by atoms with Crippen molar-refractivity contribution in [3.8, 4) is 0 Å². The first kappa shape index (κ1) is 29.8. The fourth-order valence-electron chi connectivity index (χ4n) is 5.73. The SMILES string of the molecule is COC(=O)CCCC=CC[C@H]1C(=O)CCC1c1ccc(C(O[Si](C)(C)C(C)(C)C)C2CCCCC2)cc1. The van der Waals surface area contributed by atoms with Crippen LogP contribution in [0.4, 0.5) is 0 Å². The van der Waals surface area contributed by atoms with Gasteiger partial charge in [-0.1, -0.05) is 76.5 Å². The first-order chi connectivity index (χ1) is 17.5. The van der Waals surface area contributed by atoms with E-state index in [-0.39, 0.29) is 28.9 Å². The van der Waals surface area contributed by atoms with E-state index in [0.717, 1.165) is 25.7 Å². The molecule has 2 fully saturated rings. The van der Waals surface area contributed by atoms with Crippen LogP contribution in [0.1, 0.15) is 115 Å². The normalized spacial score (nSPS) is 22.5. The number of esters is 1. The summed E-state index contributed by atoms with van der Waals surface area (Å²) in [6, 6.07) is 9.14. The summed E-state index contributed by atoms with van der Waals surface area (Å²) in [7, 11) is -0.481. The molecular weight excluding hydrogens is 476 g/mol. The third-order valence-electron chi connectivity index (χ3n) is 9.14. The summed E-state index contributed by atoms with van der Waals surface area (Å²) >= 11 is 0. The molecule has 2 aliphatic rings. The molecule has 0 spiro atoms. The van der Waals surface area contributed by atoms with Gasteiger partial charge < -0.3 is 9.16 Å². The molecule has 0 aliphatic heterocycles. The standard InChI is InChI=1S/C32H50O4Si/c1-32(2,3)37(5,6)36-31(25-14-10-9-11-15-25)26-20-18-24(19-21-26)27-22-23-29(33)28(27)16-12-7-8-13-17-30(34)35-4/h7,12,18-21,25,27-28,31H,8-11,13-17,22-23H2,1-6H3/t27?,28-,31?/m1/s1. The predicted octanol–water partition coefficient (Wildman–Crippen LogP) is 8.68. The van der Waals surface area contributed by atoms with Gasteiger partial charge in [-0.25, -0.2) is 0 Å². The van der Waals surface area contributed by atoms with E-state index in [9.17, 15) is 9.59 Å².